The molecular formula is C16H21N3S. The van der Waals surface area contributed by atoms with Crippen LogP contribution in [0.4, 0.5) is 5.69 Å². The van der Waals surface area contributed by atoms with Gasteiger partial charge in [0, 0.05) is 24.7 Å². The Bertz CT molecular complexity index is 618. The van der Waals surface area contributed by atoms with E-state index in [1.54, 1.807) is 11.3 Å². The van der Waals surface area contributed by atoms with Crippen molar-refractivity contribution in [1.29, 1.82) is 0 Å². The summed E-state index contributed by atoms with van der Waals surface area (Å²) in [5.74, 6) is 0.459. The molecule has 2 N–H and O–H groups in total. The number of benzene rings is 1. The van der Waals surface area contributed by atoms with E-state index >= 15 is 0 Å². The van der Waals surface area contributed by atoms with Gasteiger partial charge in [0.15, 0.2) is 0 Å². The molecule has 1 aliphatic rings. The number of nitrogens with zero attached hydrogens (tertiary/aromatic N) is 2. The Morgan fingerprint density at radius 3 is 2.85 bits per heavy atom. The fourth-order valence-electron chi connectivity index (χ4n) is 2.63. The lowest BCUT2D eigenvalue weighted by molar-refractivity contribution is 0.795. The molecular weight excluding hydrogens is 266 g/mol. The number of hydrogen-bond acceptors (Lipinski definition) is 4. The van der Waals surface area contributed by atoms with E-state index in [1.165, 1.54) is 16.8 Å². The van der Waals surface area contributed by atoms with Crippen LogP contribution in [0.2, 0.25) is 0 Å². The van der Waals surface area contributed by atoms with Crippen LogP contribution < -0.4 is 10.6 Å². The average Bonchev–Trinajstić information content (AvgIpc) is 3.05. The van der Waals surface area contributed by atoms with Gasteiger partial charge >= 0.3 is 0 Å². The van der Waals surface area contributed by atoms with Gasteiger partial charge in [0.25, 0.3) is 0 Å². The molecule has 20 heavy (non-hydrogen) atoms. The van der Waals surface area contributed by atoms with Crippen molar-refractivity contribution in [3.05, 3.63) is 45.4 Å². The van der Waals surface area contributed by atoms with Crippen LogP contribution in [-0.2, 0) is 6.42 Å². The van der Waals surface area contributed by atoms with Crippen molar-refractivity contribution in [1.82, 2.24) is 4.98 Å². The molecule has 1 atom stereocenters. The van der Waals surface area contributed by atoms with Crippen LogP contribution in [0.5, 0.6) is 0 Å². The number of hydrogen-bond donors (Lipinski definition) is 1. The molecule has 0 bridgehead atoms. The lowest BCUT2D eigenvalue weighted by Crippen LogP contribution is -2.13. The lowest BCUT2D eigenvalue weighted by Gasteiger charge is -2.14. The highest BCUT2D eigenvalue weighted by atomic mass is 32.1. The summed E-state index contributed by atoms with van der Waals surface area (Å²) in [7, 11) is 2.14. The minimum atomic E-state index is -0.108. The molecule has 1 unspecified atom stereocenters. The first-order chi connectivity index (χ1) is 9.56. The second kappa shape index (κ2) is 5.19. The van der Waals surface area contributed by atoms with E-state index in [0.717, 1.165) is 23.7 Å². The molecule has 2 aromatic rings. The van der Waals surface area contributed by atoms with Crippen molar-refractivity contribution in [3.8, 4) is 0 Å². The molecule has 106 valence electrons. The molecule has 0 radical (unpaired) electrons. The summed E-state index contributed by atoms with van der Waals surface area (Å²) in [6.45, 7) is 5.42. The Balaban J connectivity index is 1.88. The zero-order chi connectivity index (χ0) is 14.3. The Morgan fingerprint density at radius 2 is 2.15 bits per heavy atom. The summed E-state index contributed by atoms with van der Waals surface area (Å²) in [5.41, 5.74) is 11.4. The van der Waals surface area contributed by atoms with E-state index in [1.807, 2.05) is 0 Å². The summed E-state index contributed by atoms with van der Waals surface area (Å²) in [4.78, 5) is 6.97. The zero-order valence-corrected chi connectivity index (χ0v) is 13.1. The number of nitrogens with two attached hydrogens (primary N) is 1. The first-order valence-corrected chi connectivity index (χ1v) is 7.99. The first kappa shape index (κ1) is 13.6. The van der Waals surface area contributed by atoms with E-state index < -0.39 is 0 Å². The highest BCUT2D eigenvalue weighted by Crippen LogP contribution is 2.31. The molecule has 3 rings (SSSR count). The second-order valence-electron chi connectivity index (χ2n) is 5.80. The van der Waals surface area contributed by atoms with Crippen LogP contribution in [-0.4, -0.2) is 18.6 Å². The Morgan fingerprint density at radius 1 is 1.35 bits per heavy atom. The van der Waals surface area contributed by atoms with Crippen molar-refractivity contribution in [3.63, 3.8) is 0 Å². The van der Waals surface area contributed by atoms with Crippen LogP contribution in [0, 0.1) is 0 Å². The lowest BCUT2D eigenvalue weighted by atomic mass is 10.0. The van der Waals surface area contributed by atoms with Gasteiger partial charge in [-0.25, -0.2) is 4.98 Å². The first-order valence-electron chi connectivity index (χ1n) is 7.11. The third-order valence-corrected chi connectivity index (χ3v) is 4.93. The molecule has 0 aliphatic carbocycles. The number of anilines is 1. The smallest absolute Gasteiger partial charge is 0.114 e. The maximum absolute atomic E-state index is 6.39. The number of rotatable bonds is 3. The van der Waals surface area contributed by atoms with E-state index in [9.17, 15) is 0 Å². The highest BCUT2D eigenvalue weighted by Gasteiger charge is 2.19. The van der Waals surface area contributed by atoms with Crippen molar-refractivity contribution in [2.75, 3.05) is 18.5 Å². The summed E-state index contributed by atoms with van der Waals surface area (Å²) >= 11 is 1.67. The fourth-order valence-corrected chi connectivity index (χ4v) is 3.64. The van der Waals surface area contributed by atoms with Crippen molar-refractivity contribution in [2.24, 2.45) is 5.73 Å². The Hall–Kier alpha value is -1.39. The highest BCUT2D eigenvalue weighted by molar-refractivity contribution is 7.09. The molecule has 1 aromatic carbocycles. The van der Waals surface area contributed by atoms with Gasteiger partial charge in [-0.1, -0.05) is 26.0 Å². The summed E-state index contributed by atoms with van der Waals surface area (Å²) < 4.78 is 0. The topological polar surface area (TPSA) is 42.1 Å². The third kappa shape index (κ3) is 2.34. The number of fused-ring (bicyclic) bond motifs is 1. The van der Waals surface area contributed by atoms with Gasteiger partial charge in [-0.05, 0) is 29.5 Å². The predicted octanol–water partition coefficient (Wildman–Crippen LogP) is 3.31. The van der Waals surface area contributed by atoms with E-state index in [0.29, 0.717) is 5.92 Å². The van der Waals surface area contributed by atoms with E-state index in [2.05, 4.69) is 54.4 Å². The van der Waals surface area contributed by atoms with Crippen LogP contribution in [0.3, 0.4) is 0 Å². The molecule has 0 saturated heterocycles. The monoisotopic (exact) mass is 287 g/mol. The van der Waals surface area contributed by atoms with E-state index in [-0.39, 0.29) is 6.04 Å². The van der Waals surface area contributed by atoms with Gasteiger partial charge in [-0.3, -0.25) is 0 Å². The van der Waals surface area contributed by atoms with Crippen molar-refractivity contribution in [2.45, 2.75) is 32.2 Å². The van der Waals surface area contributed by atoms with Gasteiger partial charge in [-0.15, -0.1) is 11.3 Å². The van der Waals surface area contributed by atoms with Gasteiger partial charge in [0.05, 0.1) is 11.7 Å². The number of likely N-dealkylation sites (N-methyl/N-ethyl adjacent to an activating group) is 1. The Labute approximate surface area is 124 Å². The molecule has 2 heterocycles. The molecule has 0 spiro atoms. The van der Waals surface area contributed by atoms with Crippen LogP contribution >= 0.6 is 11.3 Å². The maximum Gasteiger partial charge on any atom is 0.114 e. The SMILES string of the molecule is CC(C)c1csc(C(N)c2ccc3c(c2)CCN3C)n1. The van der Waals surface area contributed by atoms with Crippen LogP contribution in [0.25, 0.3) is 0 Å². The summed E-state index contributed by atoms with van der Waals surface area (Å²) in [5, 5.41) is 3.14. The normalized spacial score (nSPS) is 15.8. The maximum atomic E-state index is 6.39. The molecule has 0 amide bonds. The van der Waals surface area contributed by atoms with Gasteiger partial charge in [0.1, 0.15) is 5.01 Å². The molecule has 1 aromatic heterocycles. The molecule has 1 aliphatic heterocycles. The largest absolute Gasteiger partial charge is 0.374 e. The van der Waals surface area contributed by atoms with Gasteiger partial charge in [-0.2, -0.15) is 0 Å². The Kier molecular flexibility index (Phi) is 3.52. The van der Waals surface area contributed by atoms with Crippen LogP contribution in [0.1, 0.15) is 47.6 Å². The summed E-state index contributed by atoms with van der Waals surface area (Å²) in [6, 6.07) is 6.47. The quantitative estimate of drug-likeness (QED) is 0.941. The predicted molar refractivity (Wildman–Crippen MR) is 85.6 cm³/mol. The molecule has 0 fully saturated rings. The van der Waals surface area contributed by atoms with Crippen molar-refractivity contribution >= 4 is 17.0 Å². The average molecular weight is 287 g/mol. The molecule has 0 saturated carbocycles. The van der Waals surface area contributed by atoms with Crippen LogP contribution in [0.15, 0.2) is 23.6 Å². The minimum absolute atomic E-state index is 0.108. The molecule has 4 heteroatoms. The van der Waals surface area contributed by atoms with E-state index in [4.69, 9.17) is 5.73 Å². The number of aromatic nitrogens is 1. The fraction of sp³-hybridized carbons (Fsp3) is 0.438. The van der Waals surface area contributed by atoms with Gasteiger partial charge < -0.3 is 10.6 Å². The summed E-state index contributed by atoms with van der Waals surface area (Å²) in [6.07, 6.45) is 1.11. The molecule has 3 nitrogen and oxygen atoms in total. The number of thiazole rings is 1. The second-order valence-corrected chi connectivity index (χ2v) is 6.69. The minimum Gasteiger partial charge on any atom is -0.374 e. The third-order valence-electron chi connectivity index (χ3n) is 3.99. The zero-order valence-electron chi connectivity index (χ0n) is 12.3. The van der Waals surface area contributed by atoms with Crippen molar-refractivity contribution < 1.29 is 0 Å². The standard InChI is InChI=1S/C16H21N3S/c1-10(2)13-9-20-16(18-13)15(17)12-4-5-14-11(8-12)6-7-19(14)3/h4-5,8-10,15H,6-7,17H2,1-3H3. The van der Waals surface area contributed by atoms with Gasteiger partial charge in [0.2, 0.25) is 0 Å².